The molecule has 1 heterocycles. The molecular weight excluding hydrogens is 394 g/mol. The summed E-state index contributed by atoms with van der Waals surface area (Å²) in [6, 6.07) is 9.13. The molecule has 0 saturated heterocycles. The molecule has 6 nitrogen and oxygen atoms in total. The summed E-state index contributed by atoms with van der Waals surface area (Å²) in [6.45, 7) is 5.56. The van der Waals surface area contributed by atoms with Crippen molar-refractivity contribution in [3.8, 4) is 23.0 Å². The third-order valence-corrected chi connectivity index (χ3v) is 4.39. The predicted molar refractivity (Wildman–Crippen MR) is 112 cm³/mol. The van der Waals surface area contributed by atoms with Crippen LogP contribution in [0.4, 0.5) is 0 Å². The lowest BCUT2D eigenvalue weighted by atomic mass is 10.1. The number of carbonyl (C=O) groups excluding carboxylic acids is 1. The molecule has 1 aliphatic rings. The highest BCUT2D eigenvalue weighted by molar-refractivity contribution is 6.32. The largest absolute Gasteiger partial charge is 0.490 e. The van der Waals surface area contributed by atoms with Gasteiger partial charge >= 0.3 is 0 Å². The molecule has 2 aromatic carbocycles. The zero-order valence-electron chi connectivity index (χ0n) is 16.5. The lowest BCUT2D eigenvalue weighted by molar-refractivity contribution is -0.116. The molecule has 2 aromatic rings. The Morgan fingerprint density at radius 2 is 2.00 bits per heavy atom. The summed E-state index contributed by atoms with van der Waals surface area (Å²) in [5, 5.41) is 3.29. The van der Waals surface area contributed by atoms with Crippen LogP contribution in [-0.4, -0.2) is 25.9 Å². The highest BCUT2D eigenvalue weighted by atomic mass is 35.5. The van der Waals surface area contributed by atoms with Crippen molar-refractivity contribution in [3.63, 3.8) is 0 Å². The fraction of sp³-hybridized carbons (Fsp3) is 0.318. The minimum Gasteiger partial charge on any atom is -0.490 e. The van der Waals surface area contributed by atoms with Crippen molar-refractivity contribution in [3.05, 3.63) is 52.6 Å². The number of hydrogen-bond donors (Lipinski definition) is 1. The monoisotopic (exact) mass is 417 g/mol. The molecule has 0 saturated carbocycles. The number of ether oxygens (including phenoxy) is 4. The molecule has 0 fully saturated rings. The fourth-order valence-electron chi connectivity index (χ4n) is 2.76. The van der Waals surface area contributed by atoms with Gasteiger partial charge in [-0.1, -0.05) is 24.6 Å². The Morgan fingerprint density at radius 1 is 1.17 bits per heavy atom. The maximum absolute atomic E-state index is 12.2. The van der Waals surface area contributed by atoms with Crippen molar-refractivity contribution in [1.82, 2.24) is 5.32 Å². The first-order chi connectivity index (χ1) is 14.1. The van der Waals surface area contributed by atoms with Crippen LogP contribution in [0.1, 0.15) is 31.4 Å². The van der Waals surface area contributed by atoms with E-state index in [1.807, 2.05) is 38.1 Å². The van der Waals surface area contributed by atoms with Gasteiger partial charge in [0.25, 0.3) is 0 Å². The summed E-state index contributed by atoms with van der Waals surface area (Å²) in [4.78, 5) is 12.2. The third kappa shape index (κ3) is 5.57. The van der Waals surface area contributed by atoms with E-state index < -0.39 is 0 Å². The number of benzene rings is 2. The molecule has 1 amide bonds. The number of amides is 1. The van der Waals surface area contributed by atoms with Gasteiger partial charge in [-0.3, -0.25) is 4.79 Å². The van der Waals surface area contributed by atoms with E-state index in [2.05, 4.69) is 5.32 Å². The van der Waals surface area contributed by atoms with E-state index in [0.717, 1.165) is 17.5 Å². The van der Waals surface area contributed by atoms with E-state index in [4.69, 9.17) is 30.5 Å². The summed E-state index contributed by atoms with van der Waals surface area (Å²) >= 11 is 6.35. The van der Waals surface area contributed by atoms with Crippen LogP contribution in [-0.2, 0) is 11.3 Å². The topological polar surface area (TPSA) is 66.0 Å². The van der Waals surface area contributed by atoms with Crippen molar-refractivity contribution in [2.45, 2.75) is 26.8 Å². The molecule has 7 heteroatoms. The third-order valence-electron chi connectivity index (χ3n) is 4.11. The van der Waals surface area contributed by atoms with E-state index in [1.165, 1.54) is 6.08 Å². The number of rotatable bonds is 9. The average molecular weight is 418 g/mol. The van der Waals surface area contributed by atoms with Gasteiger partial charge in [-0.25, -0.2) is 0 Å². The van der Waals surface area contributed by atoms with Crippen molar-refractivity contribution < 1.29 is 23.7 Å². The van der Waals surface area contributed by atoms with Crippen molar-refractivity contribution in [2.75, 3.05) is 20.0 Å². The highest BCUT2D eigenvalue weighted by Gasteiger charge is 2.14. The van der Waals surface area contributed by atoms with Crippen LogP contribution in [0.5, 0.6) is 23.0 Å². The normalized spacial score (nSPS) is 12.2. The molecule has 0 aromatic heterocycles. The van der Waals surface area contributed by atoms with Gasteiger partial charge in [0.15, 0.2) is 23.0 Å². The Kier molecular flexibility index (Phi) is 7.25. The van der Waals surface area contributed by atoms with Gasteiger partial charge in [-0.05, 0) is 54.8 Å². The fourth-order valence-corrected chi connectivity index (χ4v) is 3.04. The van der Waals surface area contributed by atoms with Crippen LogP contribution >= 0.6 is 11.6 Å². The second-order valence-corrected chi connectivity index (χ2v) is 6.76. The van der Waals surface area contributed by atoms with Gasteiger partial charge in [0.1, 0.15) is 0 Å². The molecule has 0 spiro atoms. The Balaban J connectivity index is 1.63. The first-order valence-electron chi connectivity index (χ1n) is 9.54. The standard InChI is InChI=1S/C22H24ClNO5/c1-3-9-27-22-17(23)10-15(11-20(22)26-4-2)6-8-21(25)24-13-16-5-7-18-19(12-16)29-14-28-18/h5-8,10-12H,3-4,9,13-14H2,1-2H3,(H,24,25)/b8-6+. The van der Waals surface area contributed by atoms with Crippen molar-refractivity contribution in [1.29, 1.82) is 0 Å². The van der Waals surface area contributed by atoms with E-state index in [-0.39, 0.29) is 12.7 Å². The molecule has 0 bridgehead atoms. The van der Waals surface area contributed by atoms with Crippen molar-refractivity contribution in [2.24, 2.45) is 0 Å². The highest BCUT2D eigenvalue weighted by Crippen LogP contribution is 2.37. The van der Waals surface area contributed by atoms with Crippen LogP contribution in [0.25, 0.3) is 6.08 Å². The van der Waals surface area contributed by atoms with Gasteiger partial charge in [-0.2, -0.15) is 0 Å². The van der Waals surface area contributed by atoms with Crippen LogP contribution in [0, 0.1) is 0 Å². The van der Waals surface area contributed by atoms with E-state index >= 15 is 0 Å². The molecule has 0 unspecified atom stereocenters. The first-order valence-corrected chi connectivity index (χ1v) is 9.92. The minimum atomic E-state index is -0.219. The van der Waals surface area contributed by atoms with Gasteiger partial charge < -0.3 is 24.3 Å². The predicted octanol–water partition coefficient (Wildman–Crippen LogP) is 4.59. The zero-order chi connectivity index (χ0) is 20.6. The minimum absolute atomic E-state index is 0.219. The van der Waals surface area contributed by atoms with Crippen LogP contribution in [0.2, 0.25) is 5.02 Å². The Morgan fingerprint density at radius 3 is 2.79 bits per heavy atom. The van der Waals surface area contributed by atoms with Gasteiger partial charge in [0.2, 0.25) is 12.7 Å². The van der Waals surface area contributed by atoms with Gasteiger partial charge in [0.05, 0.1) is 18.2 Å². The van der Waals surface area contributed by atoms with Gasteiger partial charge in [-0.15, -0.1) is 0 Å². The first kappa shape index (κ1) is 20.9. The van der Waals surface area contributed by atoms with E-state index in [0.29, 0.717) is 47.8 Å². The maximum atomic E-state index is 12.2. The number of hydrogen-bond acceptors (Lipinski definition) is 5. The molecule has 154 valence electrons. The summed E-state index contributed by atoms with van der Waals surface area (Å²) < 4.78 is 22.0. The number of carbonyl (C=O) groups is 1. The summed E-state index contributed by atoms with van der Waals surface area (Å²) in [5.41, 5.74) is 1.68. The Labute approximate surface area is 175 Å². The average Bonchev–Trinajstić information content (AvgIpc) is 3.18. The SMILES string of the molecule is CCCOc1c(Cl)cc(/C=C/C(=O)NCc2ccc3c(c2)OCO3)cc1OCC. The van der Waals surface area contributed by atoms with Crippen LogP contribution in [0.15, 0.2) is 36.4 Å². The number of halogens is 1. The van der Waals surface area contributed by atoms with Crippen molar-refractivity contribution >= 4 is 23.6 Å². The lowest BCUT2D eigenvalue weighted by Crippen LogP contribution is -2.20. The molecule has 1 N–H and O–H groups in total. The lowest BCUT2D eigenvalue weighted by Gasteiger charge is -2.14. The second kappa shape index (κ2) is 10.1. The summed E-state index contributed by atoms with van der Waals surface area (Å²) in [7, 11) is 0. The van der Waals surface area contributed by atoms with E-state index in [9.17, 15) is 4.79 Å². The number of fused-ring (bicyclic) bond motifs is 1. The summed E-state index contributed by atoms with van der Waals surface area (Å²) in [6.07, 6.45) is 4.01. The second-order valence-electron chi connectivity index (χ2n) is 6.35. The molecule has 3 rings (SSSR count). The molecule has 0 atom stereocenters. The molecule has 0 aliphatic carbocycles. The zero-order valence-corrected chi connectivity index (χ0v) is 17.3. The Bertz CT molecular complexity index is 897. The smallest absolute Gasteiger partial charge is 0.244 e. The van der Waals surface area contributed by atoms with Gasteiger partial charge in [0, 0.05) is 12.6 Å². The molecular formula is C22H24ClNO5. The van der Waals surface area contributed by atoms with E-state index in [1.54, 1.807) is 12.1 Å². The molecule has 1 aliphatic heterocycles. The van der Waals surface area contributed by atoms with Crippen LogP contribution in [0.3, 0.4) is 0 Å². The maximum Gasteiger partial charge on any atom is 0.244 e. The molecule has 29 heavy (non-hydrogen) atoms. The summed E-state index contributed by atoms with van der Waals surface area (Å²) in [5.74, 6) is 2.28. The quantitative estimate of drug-likeness (QED) is 0.604. The molecule has 0 radical (unpaired) electrons. The Hall–Kier alpha value is -2.86. The number of nitrogens with one attached hydrogen (secondary N) is 1. The van der Waals surface area contributed by atoms with Crippen LogP contribution < -0.4 is 24.3 Å².